The standard InChI is InChI=1S/C26H27NO5/c1-5-10-29-16-19-15-18(8-9-22(19)30-11-6-2)24-26(31-12-7-3)23(28)20-13-17(4)14-21(27)25(20)32-24/h5-9,13-15H,1-3,10-12,16,27H2,4H3. The Hall–Kier alpha value is -3.77. The van der Waals surface area contributed by atoms with Crippen molar-refractivity contribution < 1.29 is 18.6 Å². The van der Waals surface area contributed by atoms with Crippen LogP contribution in [0.5, 0.6) is 11.5 Å². The van der Waals surface area contributed by atoms with E-state index in [9.17, 15) is 4.79 Å². The number of fused-ring (bicyclic) bond motifs is 1. The van der Waals surface area contributed by atoms with E-state index in [1.165, 1.54) is 0 Å². The number of nitrogen functional groups attached to an aromatic ring is 1. The summed E-state index contributed by atoms with van der Waals surface area (Å²) in [5, 5.41) is 0.366. The summed E-state index contributed by atoms with van der Waals surface area (Å²) >= 11 is 0. The summed E-state index contributed by atoms with van der Waals surface area (Å²) in [6.07, 6.45) is 4.90. The Kier molecular flexibility index (Phi) is 7.52. The van der Waals surface area contributed by atoms with Gasteiger partial charge in [-0.15, -0.1) is 6.58 Å². The second-order valence-corrected chi connectivity index (χ2v) is 7.15. The van der Waals surface area contributed by atoms with Crippen LogP contribution in [-0.2, 0) is 11.3 Å². The lowest BCUT2D eigenvalue weighted by Gasteiger charge is -2.15. The molecule has 0 aliphatic carbocycles. The summed E-state index contributed by atoms with van der Waals surface area (Å²) in [6.45, 7) is 14.1. The molecule has 3 rings (SSSR count). The van der Waals surface area contributed by atoms with Gasteiger partial charge in [-0.25, -0.2) is 0 Å². The van der Waals surface area contributed by atoms with Gasteiger partial charge in [0.25, 0.3) is 0 Å². The predicted octanol–water partition coefficient (Wildman–Crippen LogP) is 5.18. The van der Waals surface area contributed by atoms with Crippen LogP contribution < -0.4 is 20.6 Å². The molecule has 0 saturated heterocycles. The van der Waals surface area contributed by atoms with Gasteiger partial charge in [-0.1, -0.05) is 31.4 Å². The first kappa shape index (κ1) is 22.9. The van der Waals surface area contributed by atoms with Gasteiger partial charge in [0.05, 0.1) is 24.3 Å². The Balaban J connectivity index is 2.20. The molecule has 0 fully saturated rings. The second-order valence-electron chi connectivity index (χ2n) is 7.15. The molecule has 1 heterocycles. The van der Waals surface area contributed by atoms with Crippen LogP contribution >= 0.6 is 0 Å². The van der Waals surface area contributed by atoms with Crippen molar-refractivity contribution in [2.75, 3.05) is 25.6 Å². The van der Waals surface area contributed by atoms with Gasteiger partial charge < -0.3 is 24.4 Å². The zero-order valence-corrected chi connectivity index (χ0v) is 18.2. The molecule has 6 heteroatoms. The summed E-state index contributed by atoms with van der Waals surface area (Å²) in [7, 11) is 0. The largest absolute Gasteiger partial charge is 0.489 e. The maximum absolute atomic E-state index is 13.3. The van der Waals surface area contributed by atoms with E-state index in [0.717, 1.165) is 11.1 Å². The first-order valence-corrected chi connectivity index (χ1v) is 10.2. The Morgan fingerprint density at radius 3 is 2.44 bits per heavy atom. The van der Waals surface area contributed by atoms with Crippen LogP contribution in [0, 0.1) is 6.92 Å². The van der Waals surface area contributed by atoms with E-state index in [1.54, 1.807) is 42.5 Å². The van der Waals surface area contributed by atoms with E-state index >= 15 is 0 Å². The first-order valence-electron chi connectivity index (χ1n) is 10.2. The van der Waals surface area contributed by atoms with Gasteiger partial charge in [-0.05, 0) is 42.8 Å². The van der Waals surface area contributed by atoms with Gasteiger partial charge in [-0.2, -0.15) is 0 Å². The van der Waals surface area contributed by atoms with Crippen LogP contribution in [0.3, 0.4) is 0 Å². The second kappa shape index (κ2) is 10.5. The van der Waals surface area contributed by atoms with Crippen LogP contribution in [0.4, 0.5) is 5.69 Å². The Labute approximate surface area is 187 Å². The molecule has 32 heavy (non-hydrogen) atoms. The number of hydrogen-bond acceptors (Lipinski definition) is 6. The van der Waals surface area contributed by atoms with Crippen LogP contribution in [0.1, 0.15) is 11.1 Å². The molecular weight excluding hydrogens is 406 g/mol. The van der Waals surface area contributed by atoms with Crippen LogP contribution in [0.2, 0.25) is 0 Å². The lowest BCUT2D eigenvalue weighted by atomic mass is 10.0. The number of ether oxygens (including phenoxy) is 3. The van der Waals surface area contributed by atoms with E-state index in [0.29, 0.717) is 41.2 Å². The third-order valence-corrected chi connectivity index (χ3v) is 4.64. The molecule has 0 bridgehead atoms. The molecule has 1 aromatic heterocycles. The number of rotatable bonds is 11. The smallest absolute Gasteiger partial charge is 0.235 e. The molecule has 0 unspecified atom stereocenters. The van der Waals surface area contributed by atoms with Crippen molar-refractivity contribution in [2.24, 2.45) is 0 Å². The molecule has 0 aliphatic heterocycles. The predicted molar refractivity (Wildman–Crippen MR) is 128 cm³/mol. The number of anilines is 1. The van der Waals surface area contributed by atoms with Crippen molar-refractivity contribution in [3.05, 3.63) is 89.6 Å². The highest BCUT2D eigenvalue weighted by Crippen LogP contribution is 2.35. The third-order valence-electron chi connectivity index (χ3n) is 4.64. The number of aryl methyl sites for hydroxylation is 1. The molecule has 0 saturated carbocycles. The van der Waals surface area contributed by atoms with Crippen molar-refractivity contribution in [2.45, 2.75) is 13.5 Å². The minimum Gasteiger partial charge on any atom is -0.489 e. The summed E-state index contributed by atoms with van der Waals surface area (Å²) < 4.78 is 23.3. The average molecular weight is 434 g/mol. The van der Waals surface area contributed by atoms with Gasteiger partial charge in [0.1, 0.15) is 19.0 Å². The van der Waals surface area contributed by atoms with E-state index in [-0.39, 0.29) is 30.2 Å². The Morgan fingerprint density at radius 1 is 1.00 bits per heavy atom. The molecule has 0 atom stereocenters. The summed E-state index contributed by atoms with van der Waals surface area (Å²) in [4.78, 5) is 13.3. The van der Waals surface area contributed by atoms with Gasteiger partial charge in [-0.3, -0.25) is 4.79 Å². The number of benzene rings is 2. The zero-order chi connectivity index (χ0) is 23.1. The summed E-state index contributed by atoms with van der Waals surface area (Å²) in [6, 6.07) is 8.94. The Morgan fingerprint density at radius 2 is 1.72 bits per heavy atom. The van der Waals surface area contributed by atoms with Crippen molar-refractivity contribution in [1.29, 1.82) is 0 Å². The zero-order valence-electron chi connectivity index (χ0n) is 18.2. The maximum atomic E-state index is 13.3. The molecule has 0 spiro atoms. The van der Waals surface area contributed by atoms with Crippen molar-refractivity contribution in [3.8, 4) is 22.8 Å². The maximum Gasteiger partial charge on any atom is 0.235 e. The van der Waals surface area contributed by atoms with E-state index < -0.39 is 0 Å². The third kappa shape index (κ3) is 4.92. The molecule has 166 valence electrons. The first-order chi connectivity index (χ1) is 15.5. The number of hydrogen-bond donors (Lipinski definition) is 1. The highest BCUT2D eigenvalue weighted by molar-refractivity contribution is 5.91. The SMILES string of the molecule is C=CCOCc1cc(-c2oc3c(N)cc(C)cc3c(=O)c2OCC=C)ccc1OCC=C. The van der Waals surface area contributed by atoms with Gasteiger partial charge >= 0.3 is 0 Å². The van der Waals surface area contributed by atoms with Gasteiger partial charge in [0, 0.05) is 11.1 Å². The lowest BCUT2D eigenvalue weighted by Crippen LogP contribution is -2.11. The highest BCUT2D eigenvalue weighted by atomic mass is 16.5. The minimum absolute atomic E-state index is 0.0973. The van der Waals surface area contributed by atoms with Crippen LogP contribution in [-0.4, -0.2) is 19.8 Å². The fraction of sp³-hybridized carbons (Fsp3) is 0.192. The molecule has 2 N–H and O–H groups in total. The van der Waals surface area contributed by atoms with Crippen LogP contribution in [0.25, 0.3) is 22.3 Å². The molecule has 0 amide bonds. The fourth-order valence-corrected chi connectivity index (χ4v) is 3.30. The molecule has 6 nitrogen and oxygen atoms in total. The monoisotopic (exact) mass is 433 g/mol. The van der Waals surface area contributed by atoms with Crippen molar-refractivity contribution in [3.63, 3.8) is 0 Å². The lowest BCUT2D eigenvalue weighted by molar-refractivity contribution is 0.146. The molecular formula is C26H27NO5. The topological polar surface area (TPSA) is 83.9 Å². The highest BCUT2D eigenvalue weighted by Gasteiger charge is 2.20. The Bertz CT molecular complexity index is 1210. The summed E-state index contributed by atoms with van der Waals surface area (Å²) in [5.74, 6) is 1.02. The molecule has 3 aromatic rings. The summed E-state index contributed by atoms with van der Waals surface area (Å²) in [5.41, 5.74) is 8.83. The van der Waals surface area contributed by atoms with Gasteiger partial charge in [0.2, 0.25) is 11.2 Å². The van der Waals surface area contributed by atoms with Crippen molar-refractivity contribution >= 4 is 16.7 Å². The average Bonchev–Trinajstić information content (AvgIpc) is 2.78. The molecule has 0 radical (unpaired) electrons. The number of nitrogens with two attached hydrogens (primary N) is 1. The van der Waals surface area contributed by atoms with Crippen molar-refractivity contribution in [1.82, 2.24) is 0 Å². The van der Waals surface area contributed by atoms with E-state index in [2.05, 4.69) is 19.7 Å². The minimum atomic E-state index is -0.296. The quantitative estimate of drug-likeness (QED) is 0.255. The fourth-order valence-electron chi connectivity index (χ4n) is 3.30. The van der Waals surface area contributed by atoms with E-state index in [1.807, 2.05) is 13.0 Å². The van der Waals surface area contributed by atoms with Gasteiger partial charge in [0.15, 0.2) is 11.3 Å². The van der Waals surface area contributed by atoms with E-state index in [4.69, 9.17) is 24.4 Å². The van der Waals surface area contributed by atoms with Crippen LogP contribution in [0.15, 0.2) is 77.5 Å². The molecule has 0 aliphatic rings. The normalized spacial score (nSPS) is 10.7. The molecule has 2 aromatic carbocycles.